The summed E-state index contributed by atoms with van der Waals surface area (Å²) >= 11 is 14.4. The first-order valence-electron chi connectivity index (χ1n) is 32.7. The molecule has 0 bridgehead atoms. The van der Waals surface area contributed by atoms with E-state index in [0.717, 1.165) is 107 Å². The molecule has 0 unspecified atom stereocenters. The molecule has 6 aromatic rings. The van der Waals surface area contributed by atoms with Crippen LogP contribution in [0.15, 0.2) is 102 Å². The maximum atomic E-state index is 12.1. The van der Waals surface area contributed by atoms with E-state index in [1.807, 2.05) is 173 Å². The molecule has 0 fully saturated rings. The lowest BCUT2D eigenvalue weighted by Gasteiger charge is -2.19. The number of rotatable bonds is 27. The number of aryl methyl sites for hydroxylation is 4. The maximum absolute atomic E-state index is 12.1. The van der Waals surface area contributed by atoms with Crippen LogP contribution in [-0.2, 0) is 35.2 Å². The Labute approximate surface area is 664 Å². The van der Waals surface area contributed by atoms with Crippen LogP contribution in [0.25, 0.3) is 0 Å². The van der Waals surface area contributed by atoms with E-state index in [0.29, 0.717) is 35.6 Å². The van der Waals surface area contributed by atoms with Gasteiger partial charge in [-0.3, -0.25) is 25.3 Å². The molecule has 0 atom stereocenters. The summed E-state index contributed by atoms with van der Waals surface area (Å²) in [4.78, 5) is 65.5. The highest BCUT2D eigenvalue weighted by molar-refractivity contribution is 14.1. The number of hydrogen-bond acceptors (Lipinski definition) is 26. The normalized spacial score (nSPS) is 10.2. The average molecular weight is 1750 g/mol. The lowest BCUT2D eigenvalue weighted by atomic mass is 10.1. The molecule has 0 spiro atoms. The van der Waals surface area contributed by atoms with Gasteiger partial charge in [0, 0.05) is 19.6 Å². The summed E-state index contributed by atoms with van der Waals surface area (Å²) in [5.74, 6) is 0.644. The number of amides is 4. The minimum absolute atomic E-state index is 0. The molecule has 35 heteroatoms. The topological polar surface area (TPSA) is 522 Å². The molecule has 6 rings (SSSR count). The van der Waals surface area contributed by atoms with Crippen molar-refractivity contribution in [3.63, 3.8) is 0 Å². The van der Waals surface area contributed by atoms with Crippen molar-refractivity contribution in [1.82, 2.24) is 41.2 Å². The molecule has 0 saturated carbocycles. The van der Waals surface area contributed by atoms with E-state index in [1.165, 1.54) is 16.7 Å². The molecule has 0 aliphatic heterocycles. The Bertz CT molecular complexity index is 3810. The van der Waals surface area contributed by atoms with Gasteiger partial charge >= 0.3 is 12.2 Å². The molecule has 2 heterocycles. The Morgan fingerprint density at radius 3 is 1.20 bits per heavy atom. The second-order valence-corrected chi connectivity index (χ2v) is 26.0. The summed E-state index contributed by atoms with van der Waals surface area (Å²) in [6.45, 7) is 13.7. The molecule has 0 aliphatic carbocycles. The highest BCUT2D eigenvalue weighted by atomic mass is 127. The number of carbonyl (C=O) groups is 4. The van der Waals surface area contributed by atoms with Crippen molar-refractivity contribution < 1.29 is 48.0 Å². The van der Waals surface area contributed by atoms with Crippen LogP contribution in [0.1, 0.15) is 136 Å². The highest BCUT2D eigenvalue weighted by Gasteiger charge is 2.20. The number of phenolic OH excluding ortho intramolecular Hbond substituents is 1. The fraction of sp³-hybridized carbons (Fsp3) is 0.408. The van der Waals surface area contributed by atoms with Gasteiger partial charge in [0.1, 0.15) is 52.4 Å². The number of thioether (sulfide) groups is 1. The monoisotopic (exact) mass is 1740 g/mol. The van der Waals surface area contributed by atoms with Crippen LogP contribution in [0.4, 0.5) is 32.9 Å². The first-order valence-corrected chi connectivity index (χ1v) is 36.2. The molecule has 0 radical (unpaired) electrons. The van der Waals surface area contributed by atoms with Gasteiger partial charge in [-0.15, -0.1) is 24.0 Å². The Kier molecular flexibility index (Phi) is 50.7. The molecular formula is C71H96Cl2I2N20O10S. The lowest BCUT2D eigenvalue weighted by molar-refractivity contribution is 0.0515. The van der Waals surface area contributed by atoms with Gasteiger partial charge in [0.2, 0.25) is 0 Å². The summed E-state index contributed by atoms with van der Waals surface area (Å²) in [6, 6.07) is 38.1. The number of benzene rings is 4. The number of nitrogens with zero attached hydrogens (tertiary/aromatic N) is 9. The number of nitriles is 4. The van der Waals surface area contributed by atoms with Crippen LogP contribution in [0, 0.1) is 50.7 Å². The molecule has 18 N–H and O–H groups in total. The van der Waals surface area contributed by atoms with E-state index in [9.17, 15) is 19.2 Å². The van der Waals surface area contributed by atoms with Gasteiger partial charge in [-0.05, 0) is 202 Å². The standard InChI is InChI=1S/C18H21ClN8O2.C17H24N2O3.C15H23NO3.C12H16N2O.C7H9ClN6OS.C2H2IN.HI/c19-14-16(22)26-15(21)13(25-14)17(28)27-18(23)24-9-2-1-3-11-4-6-12(7-5-11)29-10-8-20;1-17(2,3)22-16(20)19-12-5-4-6-14-7-9-15(10-8-14)21-13-11-18;1-15(2,3)19-14(18)16-11-5-4-6-12-7-9-13(17)10-8-12;13-8-2-1-3-11-4-6-12(7-5-11)15-10-9-14;1-16-7(11)14-6(15)2-4(9)13-5(10)3(8)12-2;3-1-2-4;/h4-7H,1-3,9-10H2,(H4,21,22,26)(H3,23,24,27,28);7-10H,4-6,12-13H2,1-3H3,(H,19,20);7-10,17H,4-6,11H2,1-3H3,(H,16,18);4-7H,1-3,8,10,13H2;1H3,(H4,9,10,13)(H2,11,14,15);1H2;1H. The van der Waals surface area contributed by atoms with Crippen LogP contribution in [0.3, 0.4) is 0 Å². The second-order valence-electron chi connectivity index (χ2n) is 23.7. The molecule has 4 amide bonds. The minimum Gasteiger partial charge on any atom is -0.508 e. The van der Waals surface area contributed by atoms with Gasteiger partial charge in [0.05, 0.1) is 10.5 Å². The van der Waals surface area contributed by atoms with Crippen molar-refractivity contribution in [2.45, 2.75) is 130 Å². The Balaban J connectivity index is 0.00000130. The number of nitrogens with one attached hydrogen (secondary N) is 5. The van der Waals surface area contributed by atoms with Gasteiger partial charge in [-0.2, -0.15) is 21.0 Å². The number of nitrogen functional groups attached to an aromatic ring is 4. The fourth-order valence-electron chi connectivity index (χ4n) is 7.94. The number of halogens is 4. The molecule has 30 nitrogen and oxygen atoms in total. The summed E-state index contributed by atoms with van der Waals surface area (Å²) in [6.07, 6.45) is 12.3. The van der Waals surface area contributed by atoms with Crippen LogP contribution < -0.4 is 69.9 Å². The number of hydrogen-bond donors (Lipinski definition) is 12. The van der Waals surface area contributed by atoms with Gasteiger partial charge in [0.15, 0.2) is 75.9 Å². The number of amidine groups is 1. The van der Waals surface area contributed by atoms with Crippen LogP contribution in [0.2, 0.25) is 10.3 Å². The Morgan fingerprint density at radius 1 is 0.547 bits per heavy atom. The van der Waals surface area contributed by atoms with Crippen molar-refractivity contribution in [1.29, 1.82) is 26.5 Å². The molecule has 574 valence electrons. The van der Waals surface area contributed by atoms with Crippen LogP contribution in [-0.4, -0.2) is 128 Å². The molecule has 2 aromatic heterocycles. The number of alkyl carbamates (subject to hydrolysis) is 2. The van der Waals surface area contributed by atoms with E-state index in [-0.39, 0.29) is 118 Å². The number of guanidine groups is 1. The number of anilines is 4. The number of unbranched alkanes of at least 4 members (excludes halogenated alkanes) is 4. The zero-order chi connectivity index (χ0) is 78.6. The van der Waals surface area contributed by atoms with E-state index >= 15 is 0 Å². The van der Waals surface area contributed by atoms with Crippen molar-refractivity contribution in [2.75, 3.05) is 79.6 Å². The van der Waals surface area contributed by atoms with Gasteiger partial charge in [0.25, 0.3) is 11.8 Å². The minimum atomic E-state index is -0.670. The van der Waals surface area contributed by atoms with Crippen molar-refractivity contribution >= 4 is 140 Å². The fourth-order valence-corrected chi connectivity index (χ4v) is 8.39. The smallest absolute Gasteiger partial charge is 0.407 e. The first kappa shape index (κ1) is 96.4. The Hall–Kier alpha value is -9.63. The number of aromatic nitrogens is 4. The molecule has 0 aliphatic rings. The van der Waals surface area contributed by atoms with E-state index in [1.54, 1.807) is 18.4 Å². The zero-order valence-electron chi connectivity index (χ0n) is 60.4. The van der Waals surface area contributed by atoms with E-state index < -0.39 is 23.0 Å². The lowest BCUT2D eigenvalue weighted by Crippen LogP contribution is -2.38. The van der Waals surface area contributed by atoms with Crippen LogP contribution >= 0.6 is 81.5 Å². The molecule has 0 saturated heterocycles. The summed E-state index contributed by atoms with van der Waals surface area (Å²) in [5.41, 5.74) is 36.6. The number of aromatic hydroxyl groups is 1. The number of carbonyl (C=O) groups excluding carboxylic acids is 4. The number of nitrogens with two attached hydrogens (primary N) is 6. The van der Waals surface area contributed by atoms with Gasteiger partial charge in [-0.1, -0.05) is 106 Å². The highest BCUT2D eigenvalue weighted by Crippen LogP contribution is 2.21. The van der Waals surface area contributed by atoms with Gasteiger partial charge < -0.3 is 79.1 Å². The third-order valence-corrected chi connectivity index (χ3v) is 14.2. The van der Waals surface area contributed by atoms with E-state index in [4.69, 9.17) is 113 Å². The van der Waals surface area contributed by atoms with Crippen molar-refractivity contribution in [3.8, 4) is 47.3 Å². The third kappa shape index (κ3) is 47.0. The quantitative estimate of drug-likeness (QED) is 0.00749. The summed E-state index contributed by atoms with van der Waals surface area (Å²) in [5, 5.41) is 59.2. The van der Waals surface area contributed by atoms with Crippen LogP contribution in [0.5, 0.6) is 23.0 Å². The molecule has 106 heavy (non-hydrogen) atoms. The number of aliphatic imine (C=N–C) groups is 1. The first-order chi connectivity index (χ1) is 49.9. The SMILES string of the molecule is CC(C)(C)OC(=O)NCCCCc1ccc(O)cc1.CC(C)(C)OC(=O)NCCCCc1ccc(OCC#N)cc1.CSC(=N)NC(=O)c1nc(Cl)c(N)nc1N.I.N#CCI.N#CCOc1ccc(CCCCN)cc1.N#CCOc1ccc(CCCCN=C(N)NC(=O)c2nc(Cl)c(N)nc2N)cc1. The largest absolute Gasteiger partial charge is 0.508 e. The number of phenols is 1. The summed E-state index contributed by atoms with van der Waals surface area (Å²) < 4.78 is 26.5. The van der Waals surface area contributed by atoms with Crippen molar-refractivity contribution in [2.24, 2.45) is 16.5 Å². The summed E-state index contributed by atoms with van der Waals surface area (Å²) in [7, 11) is 0. The molecule has 4 aromatic carbocycles. The van der Waals surface area contributed by atoms with Crippen molar-refractivity contribution in [3.05, 3.63) is 141 Å². The second kappa shape index (κ2) is 55.8. The maximum Gasteiger partial charge on any atom is 0.407 e. The zero-order valence-corrected chi connectivity index (χ0v) is 67.3. The average Bonchev–Trinajstić information content (AvgIpc) is 0.836. The predicted molar refractivity (Wildman–Crippen MR) is 434 cm³/mol. The molecular weight excluding hydrogens is 1650 g/mol. The number of ether oxygens (including phenoxy) is 5. The van der Waals surface area contributed by atoms with Gasteiger partial charge in [-0.25, -0.2) is 29.5 Å². The third-order valence-electron chi connectivity index (χ3n) is 12.8. The Morgan fingerprint density at radius 2 is 0.877 bits per heavy atom. The van der Waals surface area contributed by atoms with E-state index in [2.05, 4.69) is 46.2 Å². The predicted octanol–water partition coefficient (Wildman–Crippen LogP) is 11.7. The number of alkyl halides is 1.